The molecule has 2 nitrogen and oxygen atoms in total. The van der Waals surface area contributed by atoms with Crippen LogP contribution >= 0.6 is 0 Å². The number of hydrogen-bond acceptors (Lipinski definition) is 2. The van der Waals surface area contributed by atoms with Crippen molar-refractivity contribution in [3.63, 3.8) is 0 Å². The van der Waals surface area contributed by atoms with Gasteiger partial charge in [-0.2, -0.15) is 13.2 Å². The van der Waals surface area contributed by atoms with Crippen LogP contribution in [0.25, 0.3) is 0 Å². The van der Waals surface area contributed by atoms with Crippen LogP contribution in [0, 0.1) is 5.92 Å². The van der Waals surface area contributed by atoms with Gasteiger partial charge in [0.15, 0.2) is 0 Å². The zero-order valence-electron chi connectivity index (χ0n) is 12.3. The molecule has 1 aliphatic rings. The first-order valence-corrected chi connectivity index (χ1v) is 7.20. The predicted molar refractivity (Wildman–Crippen MR) is 72.2 cm³/mol. The average Bonchev–Trinajstić information content (AvgIpc) is 2.67. The fourth-order valence-electron chi connectivity index (χ4n) is 2.39. The first-order chi connectivity index (χ1) is 8.66. The highest BCUT2D eigenvalue weighted by atomic mass is 19.4. The van der Waals surface area contributed by atoms with E-state index in [0.717, 1.165) is 32.6 Å². The quantitative estimate of drug-likeness (QED) is 0.750. The summed E-state index contributed by atoms with van der Waals surface area (Å²) in [7, 11) is 0. The Labute approximate surface area is 114 Å². The van der Waals surface area contributed by atoms with E-state index < -0.39 is 12.6 Å². The zero-order valence-corrected chi connectivity index (χ0v) is 12.3. The van der Waals surface area contributed by atoms with Crippen molar-refractivity contribution in [1.82, 2.24) is 10.2 Å². The molecule has 0 aliphatic carbocycles. The zero-order chi connectivity index (χ0) is 14.5. The standard InChI is InChI=1S/C14H27F3N2/c1-13(2,3)18-10-12-6-9-19(11-12)8-5-4-7-14(15,16)17/h12,18H,4-11H2,1-3H3. The first kappa shape index (κ1) is 16.8. The molecule has 114 valence electrons. The maximum absolute atomic E-state index is 12.0. The van der Waals surface area contributed by atoms with Crippen molar-refractivity contribution in [2.75, 3.05) is 26.2 Å². The van der Waals surface area contributed by atoms with Crippen molar-refractivity contribution >= 4 is 0 Å². The van der Waals surface area contributed by atoms with E-state index in [9.17, 15) is 13.2 Å². The molecule has 1 aliphatic heterocycles. The second-order valence-electron chi connectivity index (χ2n) is 6.66. The van der Waals surface area contributed by atoms with Crippen LogP contribution in [-0.2, 0) is 0 Å². The molecule has 0 spiro atoms. The van der Waals surface area contributed by atoms with Gasteiger partial charge in [-0.25, -0.2) is 0 Å². The Morgan fingerprint density at radius 1 is 1.16 bits per heavy atom. The van der Waals surface area contributed by atoms with Gasteiger partial charge < -0.3 is 10.2 Å². The minimum Gasteiger partial charge on any atom is -0.312 e. The van der Waals surface area contributed by atoms with Crippen LogP contribution in [0.3, 0.4) is 0 Å². The molecule has 5 heteroatoms. The highest BCUT2D eigenvalue weighted by Crippen LogP contribution is 2.23. The Hall–Kier alpha value is -0.290. The van der Waals surface area contributed by atoms with E-state index in [4.69, 9.17) is 0 Å². The molecule has 0 aromatic carbocycles. The number of nitrogens with zero attached hydrogens (tertiary/aromatic N) is 1. The summed E-state index contributed by atoms with van der Waals surface area (Å²) >= 11 is 0. The highest BCUT2D eigenvalue weighted by molar-refractivity contribution is 4.80. The van der Waals surface area contributed by atoms with Gasteiger partial charge in [0.05, 0.1) is 0 Å². The maximum atomic E-state index is 12.0. The molecule has 0 saturated carbocycles. The van der Waals surface area contributed by atoms with Crippen molar-refractivity contribution < 1.29 is 13.2 Å². The summed E-state index contributed by atoms with van der Waals surface area (Å²) in [5.74, 6) is 0.641. The third-order valence-corrected chi connectivity index (χ3v) is 3.48. The number of alkyl halides is 3. The molecule has 0 amide bonds. The highest BCUT2D eigenvalue weighted by Gasteiger charge is 2.27. The van der Waals surface area contributed by atoms with Crippen molar-refractivity contribution in [3.05, 3.63) is 0 Å². The van der Waals surface area contributed by atoms with E-state index in [0.29, 0.717) is 12.3 Å². The molecular weight excluding hydrogens is 253 g/mol. The summed E-state index contributed by atoms with van der Waals surface area (Å²) in [5.41, 5.74) is 0.139. The number of likely N-dealkylation sites (tertiary alicyclic amines) is 1. The molecule has 1 heterocycles. The molecule has 0 radical (unpaired) electrons. The lowest BCUT2D eigenvalue weighted by molar-refractivity contribution is -0.135. The number of nitrogens with one attached hydrogen (secondary N) is 1. The third-order valence-electron chi connectivity index (χ3n) is 3.48. The summed E-state index contributed by atoms with van der Waals surface area (Å²) in [4.78, 5) is 2.30. The molecule has 19 heavy (non-hydrogen) atoms. The van der Waals surface area contributed by atoms with E-state index in [1.807, 2.05) is 0 Å². The van der Waals surface area contributed by atoms with Crippen LogP contribution in [0.4, 0.5) is 13.2 Å². The first-order valence-electron chi connectivity index (χ1n) is 7.20. The van der Waals surface area contributed by atoms with E-state index in [-0.39, 0.29) is 12.0 Å². The van der Waals surface area contributed by atoms with Gasteiger partial charge in [0.2, 0.25) is 0 Å². The molecule has 1 rings (SSSR count). The maximum Gasteiger partial charge on any atom is 0.389 e. The SMILES string of the molecule is CC(C)(C)NCC1CCN(CCCCC(F)(F)F)C1. The number of rotatable bonds is 6. The summed E-state index contributed by atoms with van der Waals surface area (Å²) in [6.07, 6.45) is -2.58. The molecule has 0 aromatic heterocycles. The summed E-state index contributed by atoms with van der Waals surface area (Å²) in [5, 5.41) is 3.50. The van der Waals surface area contributed by atoms with Gasteiger partial charge in [-0.15, -0.1) is 0 Å². The fraction of sp³-hybridized carbons (Fsp3) is 1.00. The normalized spacial score (nSPS) is 22.1. The van der Waals surface area contributed by atoms with Gasteiger partial charge in [0.1, 0.15) is 0 Å². The predicted octanol–water partition coefficient (Wildman–Crippen LogP) is 3.43. The van der Waals surface area contributed by atoms with Crippen molar-refractivity contribution in [2.45, 2.75) is 58.2 Å². The molecule has 1 fully saturated rings. The lowest BCUT2D eigenvalue weighted by atomic mass is 10.1. The van der Waals surface area contributed by atoms with Gasteiger partial charge in [0, 0.05) is 18.5 Å². The van der Waals surface area contributed by atoms with Crippen molar-refractivity contribution in [2.24, 2.45) is 5.92 Å². The molecule has 1 atom stereocenters. The number of hydrogen-bond donors (Lipinski definition) is 1. The Morgan fingerprint density at radius 3 is 2.42 bits per heavy atom. The molecule has 1 unspecified atom stereocenters. The Kier molecular flexibility index (Phi) is 6.12. The Morgan fingerprint density at radius 2 is 1.84 bits per heavy atom. The van der Waals surface area contributed by atoms with E-state index in [1.54, 1.807) is 0 Å². The van der Waals surface area contributed by atoms with Crippen LogP contribution in [0.5, 0.6) is 0 Å². The summed E-state index contributed by atoms with van der Waals surface area (Å²) in [6, 6.07) is 0. The molecule has 0 aromatic rings. The van der Waals surface area contributed by atoms with Crippen LogP contribution in [0.15, 0.2) is 0 Å². The summed E-state index contributed by atoms with van der Waals surface area (Å²) in [6.45, 7) is 10.3. The topological polar surface area (TPSA) is 15.3 Å². The number of unbranched alkanes of at least 4 members (excludes halogenated alkanes) is 1. The van der Waals surface area contributed by atoms with Crippen LogP contribution in [0.2, 0.25) is 0 Å². The monoisotopic (exact) mass is 280 g/mol. The lowest BCUT2D eigenvalue weighted by Crippen LogP contribution is -2.39. The van der Waals surface area contributed by atoms with Crippen LogP contribution in [0.1, 0.15) is 46.5 Å². The van der Waals surface area contributed by atoms with Crippen LogP contribution < -0.4 is 5.32 Å². The van der Waals surface area contributed by atoms with Gasteiger partial charge in [-0.1, -0.05) is 0 Å². The minimum absolute atomic E-state index is 0.139. The summed E-state index contributed by atoms with van der Waals surface area (Å²) < 4.78 is 36.0. The minimum atomic E-state index is -4.00. The largest absolute Gasteiger partial charge is 0.389 e. The van der Waals surface area contributed by atoms with E-state index >= 15 is 0 Å². The molecule has 1 saturated heterocycles. The van der Waals surface area contributed by atoms with Crippen LogP contribution in [-0.4, -0.2) is 42.8 Å². The molecule has 0 bridgehead atoms. The van der Waals surface area contributed by atoms with Gasteiger partial charge in [0.25, 0.3) is 0 Å². The van der Waals surface area contributed by atoms with E-state index in [2.05, 4.69) is 31.0 Å². The third kappa shape index (κ3) is 8.47. The second kappa shape index (κ2) is 6.93. The Bertz CT molecular complexity index is 258. The van der Waals surface area contributed by atoms with Crippen molar-refractivity contribution in [3.8, 4) is 0 Å². The lowest BCUT2D eigenvalue weighted by Gasteiger charge is -2.23. The van der Waals surface area contributed by atoms with E-state index in [1.165, 1.54) is 0 Å². The second-order valence-corrected chi connectivity index (χ2v) is 6.66. The number of halogens is 3. The van der Waals surface area contributed by atoms with Gasteiger partial charge >= 0.3 is 6.18 Å². The van der Waals surface area contributed by atoms with Crippen molar-refractivity contribution in [1.29, 1.82) is 0 Å². The average molecular weight is 280 g/mol. The molecular formula is C14H27F3N2. The molecule has 1 N–H and O–H groups in total. The fourth-order valence-corrected chi connectivity index (χ4v) is 2.39. The van der Waals surface area contributed by atoms with Gasteiger partial charge in [-0.3, -0.25) is 0 Å². The Balaban J connectivity index is 2.08. The van der Waals surface area contributed by atoms with Gasteiger partial charge in [-0.05, 0) is 65.6 Å². The smallest absolute Gasteiger partial charge is 0.312 e.